The number of para-hydroxylation sites is 1. The number of carbonyl (C=O) groups is 1. The molecule has 2 aromatic rings. The molecule has 4 nitrogen and oxygen atoms in total. The Hall–Kier alpha value is -2.33. The lowest BCUT2D eigenvalue weighted by Gasteiger charge is -2.38. The number of nitrogens with zero attached hydrogens (tertiary/aromatic N) is 2. The van der Waals surface area contributed by atoms with Gasteiger partial charge in [0.05, 0.1) is 0 Å². The lowest BCUT2D eigenvalue weighted by atomic mass is 10.1. The van der Waals surface area contributed by atoms with Crippen LogP contribution in [0.2, 0.25) is 0 Å². The summed E-state index contributed by atoms with van der Waals surface area (Å²) in [5.74, 6) is 1.56. The Labute approximate surface area is 156 Å². The van der Waals surface area contributed by atoms with Gasteiger partial charge in [-0.25, -0.2) is 0 Å². The topological polar surface area (TPSA) is 32.8 Å². The van der Waals surface area contributed by atoms with Crippen molar-refractivity contribution in [2.75, 3.05) is 26.2 Å². The van der Waals surface area contributed by atoms with Gasteiger partial charge < -0.3 is 9.64 Å². The van der Waals surface area contributed by atoms with Gasteiger partial charge in [-0.05, 0) is 43.2 Å². The van der Waals surface area contributed by atoms with Gasteiger partial charge in [-0.3, -0.25) is 9.69 Å². The van der Waals surface area contributed by atoms with Crippen molar-refractivity contribution in [3.05, 3.63) is 60.2 Å². The van der Waals surface area contributed by atoms with E-state index in [9.17, 15) is 4.79 Å². The smallest absolute Gasteiger partial charge is 0.254 e. The van der Waals surface area contributed by atoms with Crippen molar-refractivity contribution in [3.8, 4) is 11.5 Å². The predicted molar refractivity (Wildman–Crippen MR) is 105 cm³/mol. The highest BCUT2D eigenvalue weighted by Gasteiger charge is 2.25. The first-order chi connectivity index (χ1) is 12.7. The fourth-order valence-corrected chi connectivity index (χ4v) is 3.60. The molecule has 0 atom stereocenters. The van der Waals surface area contributed by atoms with E-state index in [1.165, 1.54) is 12.8 Å². The van der Waals surface area contributed by atoms with Gasteiger partial charge in [-0.15, -0.1) is 0 Å². The van der Waals surface area contributed by atoms with Crippen molar-refractivity contribution in [3.63, 3.8) is 0 Å². The zero-order chi connectivity index (χ0) is 18.4. The monoisotopic (exact) mass is 352 g/mol. The number of hydrogen-bond acceptors (Lipinski definition) is 3. The fraction of sp³-hybridized carbons (Fsp3) is 0.409. The van der Waals surface area contributed by atoms with Crippen LogP contribution in [-0.4, -0.2) is 47.9 Å². The highest BCUT2D eigenvalue weighted by Crippen LogP contribution is 2.23. The number of carbonyl (C=O) groups excluding carboxylic acids is 1. The average molecular weight is 352 g/mol. The Morgan fingerprint density at radius 2 is 1.58 bits per heavy atom. The van der Waals surface area contributed by atoms with Crippen LogP contribution in [0.1, 0.15) is 37.0 Å². The first kappa shape index (κ1) is 18.5. The molecule has 1 fully saturated rings. The minimum absolute atomic E-state index is 0.0905. The van der Waals surface area contributed by atoms with E-state index in [4.69, 9.17) is 4.74 Å². The van der Waals surface area contributed by atoms with Crippen molar-refractivity contribution < 1.29 is 9.53 Å². The Kier molecular flexibility index (Phi) is 6.29. The minimum Gasteiger partial charge on any atom is -0.457 e. The summed E-state index contributed by atoms with van der Waals surface area (Å²) in [6.45, 7) is 7.97. The summed E-state index contributed by atoms with van der Waals surface area (Å²) in [6, 6.07) is 17.7. The third-order valence-electron chi connectivity index (χ3n) is 5.12. The maximum atomic E-state index is 12.9. The number of rotatable bonds is 6. The van der Waals surface area contributed by atoms with Gasteiger partial charge in [-0.2, -0.15) is 0 Å². The molecule has 0 saturated carbocycles. The molecular formula is C22H28N2O2. The molecule has 1 aliphatic rings. The Balaban J connectivity index is 1.63. The van der Waals surface area contributed by atoms with Gasteiger partial charge in [0.25, 0.3) is 5.91 Å². The molecule has 0 unspecified atom stereocenters. The van der Waals surface area contributed by atoms with Crippen molar-refractivity contribution in [2.45, 2.75) is 32.7 Å². The van der Waals surface area contributed by atoms with Crippen molar-refractivity contribution >= 4 is 5.91 Å². The van der Waals surface area contributed by atoms with Crippen LogP contribution in [0.3, 0.4) is 0 Å². The van der Waals surface area contributed by atoms with Crippen LogP contribution in [0.25, 0.3) is 0 Å². The molecule has 0 spiro atoms. The summed E-state index contributed by atoms with van der Waals surface area (Å²) in [5, 5.41) is 0. The molecule has 26 heavy (non-hydrogen) atoms. The Morgan fingerprint density at radius 3 is 2.23 bits per heavy atom. The standard InChI is InChI=1S/C22H28N2O2/c1-3-19(4-2)23-13-15-24(16-14-23)22(25)18-9-8-12-21(17-18)26-20-10-6-5-7-11-20/h5-12,17,19H,3-4,13-16H2,1-2H3. The van der Waals surface area contributed by atoms with Gasteiger partial charge >= 0.3 is 0 Å². The number of ether oxygens (including phenoxy) is 1. The van der Waals surface area contributed by atoms with E-state index >= 15 is 0 Å². The largest absolute Gasteiger partial charge is 0.457 e. The molecule has 138 valence electrons. The van der Waals surface area contributed by atoms with E-state index in [2.05, 4.69) is 18.7 Å². The van der Waals surface area contributed by atoms with Gasteiger partial charge in [0.1, 0.15) is 11.5 Å². The lowest BCUT2D eigenvalue weighted by Crippen LogP contribution is -2.51. The van der Waals surface area contributed by atoms with Crippen molar-refractivity contribution in [1.29, 1.82) is 0 Å². The van der Waals surface area contributed by atoms with E-state index in [0.717, 1.165) is 31.9 Å². The molecule has 0 aromatic heterocycles. The molecule has 0 N–H and O–H groups in total. The molecule has 1 amide bonds. The molecule has 0 aliphatic carbocycles. The van der Waals surface area contributed by atoms with E-state index in [1.54, 1.807) is 0 Å². The second-order valence-electron chi connectivity index (χ2n) is 6.74. The fourth-order valence-electron chi connectivity index (χ4n) is 3.60. The van der Waals surface area contributed by atoms with Crippen LogP contribution in [0.15, 0.2) is 54.6 Å². The highest BCUT2D eigenvalue weighted by molar-refractivity contribution is 5.94. The highest BCUT2D eigenvalue weighted by atomic mass is 16.5. The lowest BCUT2D eigenvalue weighted by molar-refractivity contribution is 0.0559. The average Bonchev–Trinajstić information content (AvgIpc) is 2.70. The summed E-state index contributed by atoms with van der Waals surface area (Å²) >= 11 is 0. The van der Waals surface area contributed by atoms with Crippen molar-refractivity contribution in [1.82, 2.24) is 9.80 Å². The summed E-state index contributed by atoms with van der Waals surface area (Å²) in [4.78, 5) is 17.3. The first-order valence-electron chi connectivity index (χ1n) is 9.57. The summed E-state index contributed by atoms with van der Waals surface area (Å²) in [7, 11) is 0. The molecule has 0 radical (unpaired) electrons. The maximum Gasteiger partial charge on any atom is 0.254 e. The molecular weight excluding hydrogens is 324 g/mol. The predicted octanol–water partition coefficient (Wildman–Crippen LogP) is 4.43. The van der Waals surface area contributed by atoms with Crippen LogP contribution < -0.4 is 4.74 Å². The molecule has 1 saturated heterocycles. The molecule has 2 aromatic carbocycles. The van der Waals surface area contributed by atoms with Gasteiger partial charge in [0.2, 0.25) is 0 Å². The van der Waals surface area contributed by atoms with Crippen LogP contribution >= 0.6 is 0 Å². The molecule has 3 rings (SSSR count). The Morgan fingerprint density at radius 1 is 0.923 bits per heavy atom. The van der Waals surface area contributed by atoms with E-state index in [1.807, 2.05) is 59.5 Å². The van der Waals surface area contributed by atoms with Gasteiger partial charge in [-0.1, -0.05) is 38.1 Å². The maximum absolute atomic E-state index is 12.9. The second-order valence-corrected chi connectivity index (χ2v) is 6.74. The van der Waals surface area contributed by atoms with Crippen molar-refractivity contribution in [2.24, 2.45) is 0 Å². The second kappa shape index (κ2) is 8.86. The summed E-state index contributed by atoms with van der Waals surface area (Å²) in [5.41, 5.74) is 0.689. The zero-order valence-electron chi connectivity index (χ0n) is 15.7. The number of piperazine rings is 1. The van der Waals surface area contributed by atoms with Crippen LogP contribution in [0.5, 0.6) is 11.5 Å². The number of amides is 1. The van der Waals surface area contributed by atoms with E-state index in [0.29, 0.717) is 17.4 Å². The van der Waals surface area contributed by atoms with Gasteiger partial charge in [0.15, 0.2) is 0 Å². The quantitative estimate of drug-likeness (QED) is 0.771. The van der Waals surface area contributed by atoms with E-state index < -0.39 is 0 Å². The minimum atomic E-state index is 0.0905. The first-order valence-corrected chi connectivity index (χ1v) is 9.57. The SMILES string of the molecule is CCC(CC)N1CCN(C(=O)c2cccc(Oc3ccccc3)c2)CC1. The van der Waals surface area contributed by atoms with Gasteiger partial charge in [0, 0.05) is 37.8 Å². The normalized spacial score (nSPS) is 15.3. The van der Waals surface area contributed by atoms with Crippen LogP contribution in [0, 0.1) is 0 Å². The van der Waals surface area contributed by atoms with E-state index in [-0.39, 0.29) is 5.91 Å². The summed E-state index contributed by atoms with van der Waals surface area (Å²) in [6.07, 6.45) is 2.34. The molecule has 1 heterocycles. The molecule has 4 heteroatoms. The molecule has 1 aliphatic heterocycles. The third-order valence-corrected chi connectivity index (χ3v) is 5.12. The van der Waals surface area contributed by atoms with Crippen LogP contribution in [-0.2, 0) is 0 Å². The zero-order valence-corrected chi connectivity index (χ0v) is 15.7. The number of hydrogen-bond donors (Lipinski definition) is 0. The number of benzene rings is 2. The Bertz CT molecular complexity index is 705. The molecule has 0 bridgehead atoms. The summed E-state index contributed by atoms with van der Waals surface area (Å²) < 4.78 is 5.86. The third kappa shape index (κ3) is 4.44. The van der Waals surface area contributed by atoms with Crippen LogP contribution in [0.4, 0.5) is 0 Å².